The molecular formula is C26H22N2O5. The van der Waals surface area contributed by atoms with Crippen LogP contribution < -0.4 is 29.4 Å². The lowest BCUT2D eigenvalue weighted by Crippen LogP contribution is -2.21. The van der Waals surface area contributed by atoms with Crippen molar-refractivity contribution >= 4 is 0 Å². The molecule has 0 fully saturated rings. The van der Waals surface area contributed by atoms with Crippen LogP contribution in [0.5, 0.6) is 28.7 Å². The Kier molecular flexibility index (Phi) is 5.41. The van der Waals surface area contributed by atoms with Crippen LogP contribution in [0.15, 0.2) is 72.1 Å². The van der Waals surface area contributed by atoms with Gasteiger partial charge in [0.1, 0.15) is 24.0 Å². The summed E-state index contributed by atoms with van der Waals surface area (Å²) in [4.78, 5) is 0. The summed E-state index contributed by atoms with van der Waals surface area (Å²) in [6.07, 6.45) is 0. The summed E-state index contributed by atoms with van der Waals surface area (Å²) < 4.78 is 28.7. The fourth-order valence-electron chi connectivity index (χ4n) is 4.02. The number of fused-ring (bicyclic) bond motifs is 2. The van der Waals surface area contributed by atoms with E-state index in [1.807, 2.05) is 61.5 Å². The molecule has 33 heavy (non-hydrogen) atoms. The maximum atomic E-state index is 9.87. The van der Waals surface area contributed by atoms with Crippen LogP contribution in [0.1, 0.15) is 29.5 Å². The summed E-state index contributed by atoms with van der Waals surface area (Å²) in [5, 5.41) is 9.87. The third-order valence-electron chi connectivity index (χ3n) is 5.55. The van der Waals surface area contributed by atoms with Crippen LogP contribution in [0.25, 0.3) is 0 Å². The van der Waals surface area contributed by atoms with Crippen LogP contribution >= 0.6 is 0 Å². The zero-order chi connectivity index (χ0) is 22.8. The Bertz CT molecular complexity index is 1260. The van der Waals surface area contributed by atoms with Crippen molar-refractivity contribution < 1.29 is 23.7 Å². The number of nitrogens with zero attached hydrogens (tertiary/aromatic N) is 1. The van der Waals surface area contributed by atoms with Gasteiger partial charge in [-0.05, 0) is 36.2 Å². The lowest BCUT2D eigenvalue weighted by molar-refractivity contribution is 0.174. The van der Waals surface area contributed by atoms with E-state index in [-0.39, 0.29) is 12.7 Å². The average Bonchev–Trinajstić information content (AvgIpc) is 3.29. The minimum atomic E-state index is -0.448. The summed E-state index contributed by atoms with van der Waals surface area (Å²) in [7, 11) is 0. The predicted octanol–water partition coefficient (Wildman–Crippen LogP) is 4.61. The van der Waals surface area contributed by atoms with E-state index in [1.165, 1.54) is 0 Å². The number of benzene rings is 3. The van der Waals surface area contributed by atoms with E-state index < -0.39 is 5.92 Å². The first-order chi connectivity index (χ1) is 16.2. The summed E-state index contributed by atoms with van der Waals surface area (Å²) >= 11 is 0. The van der Waals surface area contributed by atoms with Crippen molar-refractivity contribution in [3.63, 3.8) is 0 Å². The normalized spacial score (nSPS) is 15.9. The van der Waals surface area contributed by atoms with Gasteiger partial charge in [-0.2, -0.15) is 5.26 Å². The van der Waals surface area contributed by atoms with Crippen LogP contribution in [-0.2, 0) is 6.61 Å². The standard InChI is InChI=1S/C26H22N2O5/c1-2-29-22-10-17(8-9-20(22)30-14-16-6-4-3-5-7-16)25-18-11-23-24(32-15-31-23)12-21(18)33-26(28)19(25)13-27/h3-12,25H,2,14-15,28H2,1H3/t25-/m1/s1. The van der Waals surface area contributed by atoms with Gasteiger partial charge in [-0.15, -0.1) is 0 Å². The molecular weight excluding hydrogens is 420 g/mol. The Balaban J connectivity index is 1.54. The van der Waals surface area contributed by atoms with Gasteiger partial charge in [0.25, 0.3) is 0 Å². The fourth-order valence-corrected chi connectivity index (χ4v) is 4.02. The lowest BCUT2D eigenvalue weighted by atomic mass is 9.83. The molecule has 0 spiro atoms. The molecule has 0 aromatic heterocycles. The van der Waals surface area contributed by atoms with Gasteiger partial charge < -0.3 is 29.4 Å². The van der Waals surface area contributed by atoms with Gasteiger partial charge in [0.2, 0.25) is 12.7 Å². The maximum absolute atomic E-state index is 9.87. The minimum Gasteiger partial charge on any atom is -0.490 e. The second-order valence-electron chi connectivity index (χ2n) is 7.58. The SMILES string of the molecule is CCOc1cc([C@H]2C(C#N)=C(N)Oc3cc4c(cc32)OCO4)ccc1OCc1ccccc1. The molecule has 0 amide bonds. The molecule has 0 saturated heterocycles. The number of hydrogen-bond donors (Lipinski definition) is 1. The molecule has 5 rings (SSSR count). The van der Waals surface area contributed by atoms with Crippen LogP contribution in [0.4, 0.5) is 0 Å². The third kappa shape index (κ3) is 3.87. The monoisotopic (exact) mass is 442 g/mol. The molecule has 3 aromatic carbocycles. The van der Waals surface area contributed by atoms with Crippen molar-refractivity contribution in [2.45, 2.75) is 19.4 Å². The Labute approximate surface area is 191 Å². The number of rotatable bonds is 6. The highest BCUT2D eigenvalue weighted by Crippen LogP contribution is 2.48. The second kappa shape index (κ2) is 8.67. The number of hydrogen-bond acceptors (Lipinski definition) is 7. The van der Waals surface area contributed by atoms with E-state index in [4.69, 9.17) is 29.4 Å². The predicted molar refractivity (Wildman–Crippen MR) is 120 cm³/mol. The molecule has 0 aliphatic carbocycles. The van der Waals surface area contributed by atoms with E-state index in [0.717, 1.165) is 16.7 Å². The Morgan fingerprint density at radius 1 is 0.970 bits per heavy atom. The molecule has 7 heteroatoms. The smallest absolute Gasteiger partial charge is 0.231 e. The van der Waals surface area contributed by atoms with E-state index in [2.05, 4.69) is 6.07 Å². The zero-order valence-corrected chi connectivity index (χ0v) is 18.0. The van der Waals surface area contributed by atoms with Crippen molar-refractivity contribution in [1.82, 2.24) is 0 Å². The molecule has 1 atom stereocenters. The molecule has 166 valence electrons. The third-order valence-corrected chi connectivity index (χ3v) is 5.55. The molecule has 2 N–H and O–H groups in total. The van der Waals surface area contributed by atoms with Crippen molar-refractivity contribution in [1.29, 1.82) is 5.26 Å². The first-order valence-corrected chi connectivity index (χ1v) is 10.6. The van der Waals surface area contributed by atoms with Crippen molar-refractivity contribution in [2.75, 3.05) is 13.4 Å². The molecule has 0 bridgehead atoms. The van der Waals surface area contributed by atoms with Crippen LogP contribution in [0.2, 0.25) is 0 Å². The van der Waals surface area contributed by atoms with E-state index >= 15 is 0 Å². The Hall–Kier alpha value is -4.31. The first-order valence-electron chi connectivity index (χ1n) is 10.6. The average molecular weight is 442 g/mol. The van der Waals surface area contributed by atoms with Gasteiger partial charge in [0, 0.05) is 11.6 Å². The molecule has 2 aliphatic heterocycles. The molecule has 0 saturated carbocycles. The van der Waals surface area contributed by atoms with Crippen LogP contribution in [-0.4, -0.2) is 13.4 Å². The lowest BCUT2D eigenvalue weighted by Gasteiger charge is -2.27. The first kappa shape index (κ1) is 20.6. The molecule has 7 nitrogen and oxygen atoms in total. The van der Waals surface area contributed by atoms with Gasteiger partial charge in [0.15, 0.2) is 23.0 Å². The highest BCUT2D eigenvalue weighted by atomic mass is 16.7. The van der Waals surface area contributed by atoms with Crippen molar-refractivity contribution in [3.05, 3.63) is 88.8 Å². The van der Waals surface area contributed by atoms with Gasteiger partial charge in [-0.25, -0.2) is 0 Å². The van der Waals surface area contributed by atoms with Gasteiger partial charge in [-0.1, -0.05) is 36.4 Å². The van der Waals surface area contributed by atoms with E-state index in [1.54, 1.807) is 6.07 Å². The molecule has 2 aliphatic rings. The van der Waals surface area contributed by atoms with Gasteiger partial charge >= 0.3 is 0 Å². The van der Waals surface area contributed by atoms with Gasteiger partial charge in [0.05, 0.1) is 12.5 Å². The van der Waals surface area contributed by atoms with Crippen molar-refractivity contribution in [2.24, 2.45) is 5.73 Å². The summed E-state index contributed by atoms with van der Waals surface area (Å²) in [5.74, 6) is 2.55. The fraction of sp³-hybridized carbons (Fsp3) is 0.192. The number of nitriles is 1. The maximum Gasteiger partial charge on any atom is 0.231 e. The highest BCUT2D eigenvalue weighted by Gasteiger charge is 2.33. The van der Waals surface area contributed by atoms with Crippen LogP contribution in [0.3, 0.4) is 0 Å². The summed E-state index contributed by atoms with van der Waals surface area (Å²) in [5.41, 5.74) is 9.10. The van der Waals surface area contributed by atoms with Gasteiger partial charge in [-0.3, -0.25) is 0 Å². The van der Waals surface area contributed by atoms with Crippen molar-refractivity contribution in [3.8, 4) is 34.8 Å². The highest BCUT2D eigenvalue weighted by molar-refractivity contribution is 5.62. The Morgan fingerprint density at radius 3 is 2.52 bits per heavy atom. The molecule has 2 heterocycles. The number of allylic oxidation sites excluding steroid dienone is 1. The largest absolute Gasteiger partial charge is 0.490 e. The minimum absolute atomic E-state index is 0.0660. The molecule has 3 aromatic rings. The van der Waals surface area contributed by atoms with E-state index in [9.17, 15) is 5.26 Å². The number of nitrogens with two attached hydrogens (primary N) is 1. The quantitative estimate of drug-likeness (QED) is 0.595. The summed E-state index contributed by atoms with van der Waals surface area (Å²) in [6.45, 7) is 2.94. The topological polar surface area (TPSA) is 96.0 Å². The Morgan fingerprint density at radius 2 is 1.76 bits per heavy atom. The van der Waals surface area contributed by atoms with Crippen LogP contribution in [0, 0.1) is 11.3 Å². The number of ether oxygens (including phenoxy) is 5. The molecule has 0 unspecified atom stereocenters. The summed E-state index contributed by atoms with van der Waals surface area (Å²) in [6, 6.07) is 21.4. The second-order valence-corrected chi connectivity index (χ2v) is 7.58. The zero-order valence-electron chi connectivity index (χ0n) is 18.0. The molecule has 0 radical (unpaired) electrons. The van der Waals surface area contributed by atoms with E-state index in [0.29, 0.717) is 47.5 Å².